The van der Waals surface area contributed by atoms with Gasteiger partial charge in [-0.3, -0.25) is 14.4 Å². The van der Waals surface area contributed by atoms with E-state index in [2.05, 4.69) is 10.3 Å². The second-order valence-electron chi connectivity index (χ2n) is 5.96. The number of amides is 1. The van der Waals surface area contributed by atoms with Crippen molar-refractivity contribution in [3.05, 3.63) is 73.9 Å². The van der Waals surface area contributed by atoms with E-state index in [0.717, 1.165) is 16.5 Å². The number of carbonyl (C=O) groups is 1. The van der Waals surface area contributed by atoms with E-state index in [1.165, 1.54) is 10.6 Å². The van der Waals surface area contributed by atoms with E-state index < -0.39 is 5.91 Å². The SMILES string of the molecule is CCc1c(C)c2ccc(NC(=O)c3cccn(C)c3=O)cc2[nH]c1=O. The van der Waals surface area contributed by atoms with Crippen molar-refractivity contribution < 1.29 is 4.79 Å². The maximum absolute atomic E-state index is 12.4. The van der Waals surface area contributed by atoms with Gasteiger partial charge in [0.1, 0.15) is 5.56 Å². The van der Waals surface area contributed by atoms with Gasteiger partial charge in [0.15, 0.2) is 0 Å². The van der Waals surface area contributed by atoms with Crippen LogP contribution < -0.4 is 16.4 Å². The van der Waals surface area contributed by atoms with Crippen LogP contribution in [0.3, 0.4) is 0 Å². The number of carbonyl (C=O) groups excluding carboxylic acids is 1. The molecule has 6 nitrogen and oxygen atoms in total. The van der Waals surface area contributed by atoms with Gasteiger partial charge in [0.05, 0.1) is 5.52 Å². The van der Waals surface area contributed by atoms with E-state index in [0.29, 0.717) is 17.6 Å². The predicted molar refractivity (Wildman–Crippen MR) is 98.3 cm³/mol. The van der Waals surface area contributed by atoms with E-state index in [9.17, 15) is 14.4 Å². The van der Waals surface area contributed by atoms with Crippen LogP contribution in [0.4, 0.5) is 5.69 Å². The number of H-pyrrole nitrogens is 1. The number of hydrogen-bond acceptors (Lipinski definition) is 3. The molecular weight excluding hydrogens is 318 g/mol. The van der Waals surface area contributed by atoms with Crippen molar-refractivity contribution in [3.8, 4) is 0 Å². The highest BCUT2D eigenvalue weighted by Gasteiger charge is 2.13. The van der Waals surface area contributed by atoms with Crippen LogP contribution in [0.1, 0.15) is 28.4 Å². The minimum atomic E-state index is -0.482. The molecule has 128 valence electrons. The Labute approximate surface area is 144 Å². The first-order chi connectivity index (χ1) is 11.9. The van der Waals surface area contributed by atoms with E-state index in [1.807, 2.05) is 19.9 Å². The van der Waals surface area contributed by atoms with Crippen molar-refractivity contribution in [2.75, 3.05) is 5.32 Å². The summed E-state index contributed by atoms with van der Waals surface area (Å²) in [7, 11) is 1.59. The van der Waals surface area contributed by atoms with Crippen LogP contribution in [-0.4, -0.2) is 15.5 Å². The van der Waals surface area contributed by atoms with Gasteiger partial charge in [-0.2, -0.15) is 0 Å². The first-order valence-corrected chi connectivity index (χ1v) is 8.05. The van der Waals surface area contributed by atoms with Crippen LogP contribution in [0.25, 0.3) is 10.9 Å². The highest BCUT2D eigenvalue weighted by Crippen LogP contribution is 2.21. The summed E-state index contributed by atoms with van der Waals surface area (Å²) in [6.07, 6.45) is 2.25. The summed E-state index contributed by atoms with van der Waals surface area (Å²) < 4.78 is 1.35. The number of anilines is 1. The molecule has 0 unspecified atom stereocenters. The third-order valence-electron chi connectivity index (χ3n) is 4.38. The summed E-state index contributed by atoms with van der Waals surface area (Å²) >= 11 is 0. The average molecular weight is 337 g/mol. The number of hydrogen-bond donors (Lipinski definition) is 2. The van der Waals surface area contributed by atoms with Crippen molar-refractivity contribution in [1.82, 2.24) is 9.55 Å². The fourth-order valence-electron chi connectivity index (χ4n) is 2.98. The van der Waals surface area contributed by atoms with Gasteiger partial charge in [-0.1, -0.05) is 13.0 Å². The molecule has 0 fully saturated rings. The number of nitrogens with zero attached hydrogens (tertiary/aromatic N) is 1. The third kappa shape index (κ3) is 2.98. The predicted octanol–water partition coefficient (Wildman–Crippen LogP) is 2.35. The number of pyridine rings is 2. The highest BCUT2D eigenvalue weighted by atomic mass is 16.2. The van der Waals surface area contributed by atoms with E-state index in [1.54, 1.807) is 31.4 Å². The van der Waals surface area contributed by atoms with Crippen LogP contribution in [0.5, 0.6) is 0 Å². The maximum Gasteiger partial charge on any atom is 0.263 e. The van der Waals surface area contributed by atoms with E-state index in [4.69, 9.17) is 0 Å². The number of aryl methyl sites for hydroxylation is 2. The van der Waals surface area contributed by atoms with Crippen molar-refractivity contribution >= 4 is 22.5 Å². The number of nitrogens with one attached hydrogen (secondary N) is 2. The Balaban J connectivity index is 2.00. The quantitative estimate of drug-likeness (QED) is 0.769. The normalized spacial score (nSPS) is 10.8. The minimum absolute atomic E-state index is 0.0658. The largest absolute Gasteiger partial charge is 0.322 e. The Hall–Kier alpha value is -3.15. The van der Waals surface area contributed by atoms with Crippen molar-refractivity contribution in [3.63, 3.8) is 0 Å². The minimum Gasteiger partial charge on any atom is -0.322 e. The second-order valence-corrected chi connectivity index (χ2v) is 5.96. The van der Waals surface area contributed by atoms with Gasteiger partial charge < -0.3 is 14.9 Å². The Morgan fingerprint density at radius 2 is 2.00 bits per heavy atom. The smallest absolute Gasteiger partial charge is 0.263 e. The Morgan fingerprint density at radius 1 is 1.24 bits per heavy atom. The van der Waals surface area contributed by atoms with Crippen molar-refractivity contribution in [1.29, 1.82) is 0 Å². The first-order valence-electron chi connectivity index (χ1n) is 8.05. The molecule has 0 spiro atoms. The summed E-state index contributed by atoms with van der Waals surface area (Å²) in [6.45, 7) is 3.86. The average Bonchev–Trinajstić information content (AvgIpc) is 2.57. The molecule has 2 aromatic heterocycles. The zero-order valence-electron chi connectivity index (χ0n) is 14.3. The molecule has 6 heteroatoms. The molecule has 2 heterocycles. The van der Waals surface area contributed by atoms with Crippen LogP contribution in [-0.2, 0) is 13.5 Å². The fourth-order valence-corrected chi connectivity index (χ4v) is 2.98. The van der Waals surface area contributed by atoms with E-state index >= 15 is 0 Å². The molecule has 0 aliphatic rings. The summed E-state index contributed by atoms with van der Waals surface area (Å²) in [5.41, 5.74) is 2.45. The molecular formula is C19H19N3O3. The zero-order chi connectivity index (χ0) is 18.1. The van der Waals surface area contributed by atoms with Crippen molar-refractivity contribution in [2.45, 2.75) is 20.3 Å². The number of rotatable bonds is 3. The van der Waals surface area contributed by atoms with Gasteiger partial charge in [0.25, 0.3) is 17.0 Å². The van der Waals surface area contributed by atoms with Crippen LogP contribution in [0.15, 0.2) is 46.1 Å². The molecule has 1 aromatic carbocycles. The molecule has 0 aliphatic heterocycles. The molecule has 0 radical (unpaired) electrons. The molecule has 25 heavy (non-hydrogen) atoms. The van der Waals surface area contributed by atoms with Gasteiger partial charge in [0.2, 0.25) is 0 Å². The molecule has 0 atom stereocenters. The highest BCUT2D eigenvalue weighted by molar-refractivity contribution is 6.04. The number of aromatic nitrogens is 2. The molecule has 1 amide bonds. The van der Waals surface area contributed by atoms with Gasteiger partial charge in [-0.25, -0.2) is 0 Å². The Morgan fingerprint density at radius 3 is 2.72 bits per heavy atom. The van der Waals surface area contributed by atoms with Gasteiger partial charge in [0, 0.05) is 29.9 Å². The topological polar surface area (TPSA) is 84.0 Å². The summed E-state index contributed by atoms with van der Waals surface area (Å²) in [4.78, 5) is 39.4. The van der Waals surface area contributed by atoms with Crippen LogP contribution in [0.2, 0.25) is 0 Å². The fraction of sp³-hybridized carbons (Fsp3) is 0.211. The Kier molecular flexibility index (Phi) is 4.27. The molecule has 0 aliphatic carbocycles. The standard InChI is InChI=1S/C19H19N3O3/c1-4-13-11(2)14-8-7-12(10-16(14)21-17(13)23)20-18(24)15-6-5-9-22(3)19(15)25/h5-10H,4H2,1-3H3,(H,20,24)(H,21,23). The lowest BCUT2D eigenvalue weighted by atomic mass is 10.0. The van der Waals surface area contributed by atoms with Gasteiger partial charge in [-0.15, -0.1) is 0 Å². The molecule has 0 bridgehead atoms. The summed E-state index contributed by atoms with van der Waals surface area (Å²) in [5, 5.41) is 3.65. The molecule has 3 aromatic rings. The molecule has 0 saturated carbocycles. The number of benzene rings is 1. The van der Waals surface area contributed by atoms with Gasteiger partial charge >= 0.3 is 0 Å². The summed E-state index contributed by atoms with van der Waals surface area (Å²) in [6, 6.07) is 8.45. The molecule has 0 saturated heterocycles. The van der Waals surface area contributed by atoms with E-state index in [-0.39, 0.29) is 16.7 Å². The monoisotopic (exact) mass is 337 g/mol. The lowest BCUT2D eigenvalue weighted by Crippen LogP contribution is -2.27. The number of aromatic amines is 1. The molecule has 3 rings (SSSR count). The lowest BCUT2D eigenvalue weighted by molar-refractivity contribution is 0.102. The Bertz CT molecular complexity index is 1090. The number of fused-ring (bicyclic) bond motifs is 1. The first kappa shape index (κ1) is 16.7. The molecule has 2 N–H and O–H groups in total. The third-order valence-corrected chi connectivity index (χ3v) is 4.38. The van der Waals surface area contributed by atoms with Crippen LogP contribution >= 0.6 is 0 Å². The lowest BCUT2D eigenvalue weighted by Gasteiger charge is -2.10. The maximum atomic E-state index is 12.4. The van der Waals surface area contributed by atoms with Crippen LogP contribution in [0, 0.1) is 6.92 Å². The van der Waals surface area contributed by atoms with Gasteiger partial charge in [-0.05, 0) is 43.2 Å². The summed E-state index contributed by atoms with van der Waals surface area (Å²) in [5.74, 6) is -0.482. The van der Waals surface area contributed by atoms with Crippen molar-refractivity contribution in [2.24, 2.45) is 7.05 Å². The zero-order valence-corrected chi connectivity index (χ0v) is 14.3. The second kappa shape index (κ2) is 6.39.